The van der Waals surface area contributed by atoms with Gasteiger partial charge in [0, 0.05) is 5.56 Å². The minimum Gasteiger partial charge on any atom is -0.507 e. The first-order valence-corrected chi connectivity index (χ1v) is 10.2. The zero-order valence-electron chi connectivity index (χ0n) is 17.7. The van der Waals surface area contributed by atoms with Crippen LogP contribution in [0.1, 0.15) is 28.5 Å². The maximum atomic E-state index is 13.0. The monoisotopic (exact) mass is 429 g/mol. The Kier molecular flexibility index (Phi) is 5.94. The molecule has 2 heterocycles. The number of hydrogen-bond acceptors (Lipinski definition) is 5. The van der Waals surface area contributed by atoms with E-state index >= 15 is 0 Å². The molecule has 32 heavy (non-hydrogen) atoms. The van der Waals surface area contributed by atoms with E-state index in [9.17, 15) is 14.7 Å². The highest BCUT2D eigenvalue weighted by Crippen LogP contribution is 2.40. The molecule has 1 saturated heterocycles. The molecule has 6 heteroatoms. The van der Waals surface area contributed by atoms with Crippen molar-refractivity contribution in [2.24, 2.45) is 0 Å². The number of aliphatic hydroxyl groups is 1. The van der Waals surface area contributed by atoms with Crippen molar-refractivity contribution in [3.63, 3.8) is 0 Å². The van der Waals surface area contributed by atoms with E-state index in [1.54, 1.807) is 42.5 Å². The molecule has 1 atom stereocenters. The topological polar surface area (TPSA) is 80.0 Å². The van der Waals surface area contributed by atoms with Gasteiger partial charge in [0.1, 0.15) is 23.9 Å². The van der Waals surface area contributed by atoms with Gasteiger partial charge in [-0.15, -0.1) is 0 Å². The molecule has 4 rings (SSSR count). The number of carbonyl (C=O) groups is 2. The molecule has 0 radical (unpaired) electrons. The lowest BCUT2D eigenvalue weighted by molar-refractivity contribution is -0.140. The third-order valence-corrected chi connectivity index (χ3v) is 5.33. The zero-order chi connectivity index (χ0) is 22.7. The Labute approximate surface area is 186 Å². The lowest BCUT2D eigenvalue weighted by Gasteiger charge is -2.24. The Balaban J connectivity index is 1.78. The van der Waals surface area contributed by atoms with Crippen LogP contribution in [0, 0.1) is 6.92 Å². The lowest BCUT2D eigenvalue weighted by atomic mass is 9.94. The predicted molar refractivity (Wildman–Crippen MR) is 120 cm³/mol. The summed E-state index contributed by atoms with van der Waals surface area (Å²) in [7, 11) is 0. The van der Waals surface area contributed by atoms with Gasteiger partial charge in [-0.25, -0.2) is 0 Å². The molecule has 162 valence electrons. The summed E-state index contributed by atoms with van der Waals surface area (Å²) in [5.41, 5.74) is 2.25. The summed E-state index contributed by atoms with van der Waals surface area (Å²) in [5.74, 6) is -0.486. The molecule has 0 saturated carbocycles. The number of ketones is 1. The van der Waals surface area contributed by atoms with E-state index in [0.717, 1.165) is 11.1 Å². The molecule has 1 amide bonds. The highest BCUT2D eigenvalue weighted by atomic mass is 16.5. The highest BCUT2D eigenvalue weighted by Gasteiger charge is 2.46. The minimum atomic E-state index is -0.739. The molecular weight excluding hydrogens is 406 g/mol. The van der Waals surface area contributed by atoms with E-state index in [0.29, 0.717) is 23.7 Å². The first kappa shape index (κ1) is 21.2. The number of amides is 1. The van der Waals surface area contributed by atoms with Gasteiger partial charge in [0.15, 0.2) is 0 Å². The molecule has 0 spiro atoms. The number of nitrogens with zero attached hydrogens (tertiary/aromatic N) is 1. The van der Waals surface area contributed by atoms with Crippen LogP contribution in [0.3, 0.4) is 0 Å². The summed E-state index contributed by atoms with van der Waals surface area (Å²) in [6.07, 6.45) is 3.15. The molecule has 0 unspecified atom stereocenters. The van der Waals surface area contributed by atoms with Gasteiger partial charge in [0.25, 0.3) is 11.7 Å². The quantitative estimate of drug-likeness (QED) is 0.253. The second-order valence-corrected chi connectivity index (χ2v) is 7.54. The van der Waals surface area contributed by atoms with Gasteiger partial charge < -0.3 is 19.2 Å². The fraction of sp³-hybridized carbons (Fsp3) is 0.154. The van der Waals surface area contributed by atoms with Crippen molar-refractivity contribution in [3.8, 4) is 5.75 Å². The van der Waals surface area contributed by atoms with Crippen molar-refractivity contribution in [2.75, 3.05) is 6.61 Å². The van der Waals surface area contributed by atoms with Crippen LogP contribution in [0.2, 0.25) is 0 Å². The third kappa shape index (κ3) is 4.07. The first-order chi connectivity index (χ1) is 15.5. The van der Waals surface area contributed by atoms with E-state index in [1.165, 1.54) is 11.2 Å². The van der Waals surface area contributed by atoms with Crippen molar-refractivity contribution in [1.82, 2.24) is 4.90 Å². The largest absolute Gasteiger partial charge is 0.507 e. The highest BCUT2D eigenvalue weighted by molar-refractivity contribution is 6.46. The first-order valence-electron chi connectivity index (χ1n) is 10.2. The van der Waals surface area contributed by atoms with Crippen LogP contribution >= 0.6 is 0 Å². The van der Waals surface area contributed by atoms with Crippen molar-refractivity contribution in [1.29, 1.82) is 0 Å². The normalized spacial score (nSPS) is 17.5. The molecule has 6 nitrogen and oxygen atoms in total. The van der Waals surface area contributed by atoms with Gasteiger partial charge in [0.05, 0.1) is 24.4 Å². The second kappa shape index (κ2) is 8.98. The summed E-state index contributed by atoms with van der Waals surface area (Å²) in [5, 5.41) is 11.1. The predicted octanol–water partition coefficient (Wildman–Crippen LogP) is 4.77. The third-order valence-electron chi connectivity index (χ3n) is 5.33. The van der Waals surface area contributed by atoms with Crippen LogP contribution in [0.15, 0.2) is 89.6 Å². The Morgan fingerprint density at radius 2 is 1.84 bits per heavy atom. The number of carbonyl (C=O) groups excluding carboxylic acids is 2. The minimum absolute atomic E-state index is 0.0465. The van der Waals surface area contributed by atoms with Crippen LogP contribution in [0.5, 0.6) is 5.75 Å². The Bertz CT molecular complexity index is 1160. The van der Waals surface area contributed by atoms with Gasteiger partial charge >= 0.3 is 0 Å². The standard InChI is InChI=1S/C26H23NO5/c1-3-14-31-20-12-10-19(11-13-20)24(28)22-23(18-8-6-17(2)7-9-18)27(26(30)25(22)29)16-21-5-4-15-32-21/h3-13,15,23,28H,1,14,16H2,2H3/t23-/m0/s1. The summed E-state index contributed by atoms with van der Waals surface area (Å²) in [4.78, 5) is 27.4. The van der Waals surface area contributed by atoms with Crippen molar-refractivity contribution >= 4 is 17.4 Å². The number of aryl methyl sites for hydroxylation is 1. The van der Waals surface area contributed by atoms with E-state index < -0.39 is 17.7 Å². The Hall–Kier alpha value is -4.06. The molecule has 3 aromatic rings. The molecule has 2 aromatic carbocycles. The summed E-state index contributed by atoms with van der Waals surface area (Å²) in [6.45, 7) is 6.04. The van der Waals surface area contributed by atoms with Gasteiger partial charge in [-0.2, -0.15) is 0 Å². The van der Waals surface area contributed by atoms with Crippen LogP contribution in [0.4, 0.5) is 0 Å². The Morgan fingerprint density at radius 1 is 1.12 bits per heavy atom. The number of benzene rings is 2. The van der Waals surface area contributed by atoms with Gasteiger partial charge in [-0.05, 0) is 48.9 Å². The maximum absolute atomic E-state index is 13.0. The maximum Gasteiger partial charge on any atom is 0.296 e. The fourth-order valence-corrected chi connectivity index (χ4v) is 3.73. The van der Waals surface area contributed by atoms with Crippen LogP contribution in [0.25, 0.3) is 5.76 Å². The number of furan rings is 1. The van der Waals surface area contributed by atoms with Crippen LogP contribution in [-0.4, -0.2) is 28.3 Å². The van der Waals surface area contributed by atoms with Gasteiger partial charge in [0.2, 0.25) is 0 Å². The summed E-state index contributed by atoms with van der Waals surface area (Å²) < 4.78 is 10.9. The molecule has 0 aliphatic carbocycles. The van der Waals surface area contributed by atoms with Crippen molar-refractivity contribution < 1.29 is 23.8 Å². The molecule has 1 aromatic heterocycles. The average molecular weight is 429 g/mol. The summed E-state index contributed by atoms with van der Waals surface area (Å²) in [6, 6.07) is 17.0. The Morgan fingerprint density at radius 3 is 2.47 bits per heavy atom. The smallest absolute Gasteiger partial charge is 0.296 e. The van der Waals surface area contributed by atoms with E-state index in [4.69, 9.17) is 9.15 Å². The van der Waals surface area contributed by atoms with Crippen LogP contribution in [-0.2, 0) is 16.1 Å². The molecule has 1 fully saturated rings. The fourth-order valence-electron chi connectivity index (χ4n) is 3.73. The SMILES string of the molecule is C=CCOc1ccc(C(O)=C2C(=O)C(=O)N(Cc3ccco3)[C@H]2c2ccc(C)cc2)cc1. The number of ether oxygens (including phenoxy) is 1. The molecule has 1 aliphatic heterocycles. The van der Waals surface area contributed by atoms with E-state index in [2.05, 4.69) is 6.58 Å². The molecular formula is C26H23NO5. The second-order valence-electron chi connectivity index (χ2n) is 7.54. The number of Topliss-reactive ketones (excluding diaryl/α,β-unsaturated/α-hetero) is 1. The van der Waals surface area contributed by atoms with Gasteiger partial charge in [-0.1, -0.05) is 42.5 Å². The van der Waals surface area contributed by atoms with Crippen LogP contribution < -0.4 is 4.74 Å². The van der Waals surface area contributed by atoms with E-state index in [-0.39, 0.29) is 17.9 Å². The number of likely N-dealkylation sites (tertiary alicyclic amines) is 1. The van der Waals surface area contributed by atoms with Crippen molar-refractivity contribution in [2.45, 2.75) is 19.5 Å². The average Bonchev–Trinajstić information content (AvgIpc) is 3.41. The van der Waals surface area contributed by atoms with Crippen molar-refractivity contribution in [3.05, 3.63) is 108 Å². The zero-order valence-corrected chi connectivity index (χ0v) is 17.7. The van der Waals surface area contributed by atoms with Gasteiger partial charge in [-0.3, -0.25) is 9.59 Å². The molecule has 1 N–H and O–H groups in total. The summed E-state index contributed by atoms with van der Waals surface area (Å²) >= 11 is 0. The number of rotatable bonds is 7. The number of aliphatic hydroxyl groups excluding tert-OH is 1. The number of hydrogen-bond donors (Lipinski definition) is 1. The van der Waals surface area contributed by atoms with E-state index in [1.807, 2.05) is 31.2 Å². The molecule has 1 aliphatic rings. The molecule has 0 bridgehead atoms. The lowest BCUT2D eigenvalue weighted by Crippen LogP contribution is -2.29.